The Labute approximate surface area is 110 Å². The molecule has 0 fully saturated rings. The average Bonchev–Trinajstić information content (AvgIpc) is 2.81. The van der Waals surface area contributed by atoms with Crippen molar-refractivity contribution < 1.29 is 24.3 Å². The minimum Gasteiger partial charge on any atom is -0.504 e. The number of aromatic nitrogens is 1. The van der Waals surface area contributed by atoms with E-state index < -0.39 is 5.97 Å². The van der Waals surface area contributed by atoms with Gasteiger partial charge in [0.05, 0.1) is 12.7 Å². The third-order valence-electron chi connectivity index (χ3n) is 2.25. The molecule has 6 nitrogen and oxygen atoms in total. The summed E-state index contributed by atoms with van der Waals surface area (Å²) >= 11 is 3.25. The third-order valence-corrected chi connectivity index (χ3v) is 2.71. The van der Waals surface area contributed by atoms with E-state index in [0.717, 1.165) is 0 Å². The van der Waals surface area contributed by atoms with Crippen molar-refractivity contribution in [2.24, 2.45) is 0 Å². The van der Waals surface area contributed by atoms with E-state index in [4.69, 9.17) is 14.4 Å². The van der Waals surface area contributed by atoms with Gasteiger partial charge >= 0.3 is 5.97 Å². The molecule has 7 heteroatoms. The Kier molecular flexibility index (Phi) is 3.24. The van der Waals surface area contributed by atoms with Gasteiger partial charge in [0.25, 0.3) is 0 Å². The van der Waals surface area contributed by atoms with E-state index in [0.29, 0.717) is 10.0 Å². The molecule has 0 bridgehead atoms. The molecule has 2 N–H and O–H groups in total. The molecule has 0 saturated heterocycles. The normalized spacial score (nSPS) is 10.3. The SMILES string of the molecule is COc1cc(Br)cc(-c2cc(C(=O)O)no2)c1O. The van der Waals surface area contributed by atoms with Crippen molar-refractivity contribution in [3.8, 4) is 22.8 Å². The number of benzene rings is 1. The van der Waals surface area contributed by atoms with E-state index in [2.05, 4.69) is 21.1 Å². The number of hydrogen-bond donors (Lipinski definition) is 2. The van der Waals surface area contributed by atoms with Crippen molar-refractivity contribution in [3.63, 3.8) is 0 Å². The molecule has 94 valence electrons. The van der Waals surface area contributed by atoms with Gasteiger partial charge in [-0.3, -0.25) is 0 Å². The summed E-state index contributed by atoms with van der Waals surface area (Å²) in [4.78, 5) is 10.7. The first-order chi connectivity index (χ1) is 8.52. The highest BCUT2D eigenvalue weighted by Gasteiger charge is 2.18. The van der Waals surface area contributed by atoms with E-state index >= 15 is 0 Å². The number of hydrogen-bond acceptors (Lipinski definition) is 5. The maximum absolute atomic E-state index is 10.7. The molecular weight excluding hydrogens is 306 g/mol. The summed E-state index contributed by atoms with van der Waals surface area (Å²) in [6, 6.07) is 4.38. The number of phenols is 1. The van der Waals surface area contributed by atoms with E-state index in [1.165, 1.54) is 13.2 Å². The molecule has 1 heterocycles. The van der Waals surface area contributed by atoms with Crippen LogP contribution in [0.4, 0.5) is 0 Å². The first kappa shape index (κ1) is 12.4. The summed E-state index contributed by atoms with van der Waals surface area (Å²) in [5.74, 6) is -0.961. The van der Waals surface area contributed by atoms with Crippen LogP contribution in [-0.2, 0) is 0 Å². The number of phenolic OH excluding ortho intramolecular Hbond substituents is 1. The lowest BCUT2D eigenvalue weighted by atomic mass is 10.1. The van der Waals surface area contributed by atoms with Crippen LogP contribution in [0.3, 0.4) is 0 Å². The maximum atomic E-state index is 10.7. The predicted molar refractivity (Wildman–Crippen MR) is 64.8 cm³/mol. The van der Waals surface area contributed by atoms with Gasteiger partial charge < -0.3 is 19.5 Å². The highest BCUT2D eigenvalue weighted by atomic mass is 79.9. The quantitative estimate of drug-likeness (QED) is 0.904. The molecule has 1 aromatic carbocycles. The van der Waals surface area contributed by atoms with E-state index in [1.54, 1.807) is 12.1 Å². The zero-order valence-electron chi connectivity index (χ0n) is 9.18. The molecular formula is C11H8BrNO5. The average molecular weight is 314 g/mol. The van der Waals surface area contributed by atoms with Gasteiger partial charge in [0.15, 0.2) is 23.0 Å². The third kappa shape index (κ3) is 2.17. The number of carboxylic acid groups (broad SMARTS) is 1. The van der Waals surface area contributed by atoms with Crippen LogP contribution >= 0.6 is 15.9 Å². The lowest BCUT2D eigenvalue weighted by molar-refractivity contribution is 0.0686. The number of aromatic hydroxyl groups is 1. The summed E-state index contributed by atoms with van der Waals surface area (Å²) in [7, 11) is 1.41. The number of aromatic carboxylic acids is 1. The van der Waals surface area contributed by atoms with E-state index in [-0.39, 0.29) is 23.0 Å². The van der Waals surface area contributed by atoms with Crippen LogP contribution < -0.4 is 4.74 Å². The van der Waals surface area contributed by atoms with Gasteiger partial charge in [0, 0.05) is 10.5 Å². The first-order valence-electron chi connectivity index (χ1n) is 4.80. The summed E-state index contributed by atoms with van der Waals surface area (Å²) in [5.41, 5.74) is 0.0598. The molecule has 2 aromatic rings. The summed E-state index contributed by atoms with van der Waals surface area (Å²) in [5, 5.41) is 22.1. The number of methoxy groups -OCH3 is 1. The largest absolute Gasteiger partial charge is 0.504 e. The number of halogens is 1. The molecule has 0 aliphatic rings. The second kappa shape index (κ2) is 4.69. The fraction of sp³-hybridized carbons (Fsp3) is 0.0909. The van der Waals surface area contributed by atoms with E-state index in [9.17, 15) is 9.90 Å². The van der Waals surface area contributed by atoms with Gasteiger partial charge in [0.1, 0.15) is 0 Å². The minimum atomic E-state index is -1.20. The number of nitrogens with zero attached hydrogens (tertiary/aromatic N) is 1. The Morgan fingerprint density at radius 2 is 2.17 bits per heavy atom. The highest BCUT2D eigenvalue weighted by molar-refractivity contribution is 9.10. The second-order valence-corrected chi connectivity index (χ2v) is 4.30. The molecule has 0 aliphatic heterocycles. The second-order valence-electron chi connectivity index (χ2n) is 3.39. The molecule has 0 spiro atoms. The van der Waals surface area contributed by atoms with Crippen molar-refractivity contribution in [1.82, 2.24) is 5.16 Å². The fourth-order valence-corrected chi connectivity index (χ4v) is 1.86. The van der Waals surface area contributed by atoms with Crippen LogP contribution in [0, 0.1) is 0 Å². The number of rotatable bonds is 3. The van der Waals surface area contributed by atoms with Gasteiger partial charge in [-0.05, 0) is 12.1 Å². The summed E-state index contributed by atoms with van der Waals surface area (Å²) < 4.78 is 10.5. The van der Waals surface area contributed by atoms with Crippen molar-refractivity contribution in [2.45, 2.75) is 0 Å². The summed E-state index contributed by atoms with van der Waals surface area (Å²) in [6.07, 6.45) is 0. The maximum Gasteiger partial charge on any atom is 0.358 e. The van der Waals surface area contributed by atoms with Gasteiger partial charge in [-0.2, -0.15) is 0 Å². The highest BCUT2D eigenvalue weighted by Crippen LogP contribution is 2.39. The number of ether oxygens (including phenoxy) is 1. The van der Waals surface area contributed by atoms with Crippen molar-refractivity contribution in [3.05, 3.63) is 28.4 Å². The Bertz CT molecular complexity index is 607. The smallest absolute Gasteiger partial charge is 0.358 e. The summed E-state index contributed by atoms with van der Waals surface area (Å²) in [6.45, 7) is 0. The molecule has 18 heavy (non-hydrogen) atoms. The zero-order chi connectivity index (χ0) is 13.3. The lowest BCUT2D eigenvalue weighted by Gasteiger charge is -2.07. The fourth-order valence-electron chi connectivity index (χ4n) is 1.42. The molecule has 0 unspecified atom stereocenters. The molecule has 0 radical (unpaired) electrons. The molecule has 0 aliphatic carbocycles. The first-order valence-corrected chi connectivity index (χ1v) is 5.59. The predicted octanol–water partition coefficient (Wildman–Crippen LogP) is 2.52. The number of carbonyl (C=O) groups is 1. The van der Waals surface area contributed by atoms with E-state index in [1.807, 2.05) is 0 Å². The van der Waals surface area contributed by atoms with Crippen molar-refractivity contribution >= 4 is 21.9 Å². The van der Waals surface area contributed by atoms with Crippen LogP contribution in [0.15, 0.2) is 27.2 Å². The molecule has 2 rings (SSSR count). The molecule has 1 aromatic heterocycles. The van der Waals surface area contributed by atoms with Gasteiger partial charge in [-0.25, -0.2) is 4.79 Å². The van der Waals surface area contributed by atoms with Crippen LogP contribution in [0.5, 0.6) is 11.5 Å². The van der Waals surface area contributed by atoms with Crippen LogP contribution in [0.2, 0.25) is 0 Å². The van der Waals surface area contributed by atoms with Gasteiger partial charge in [-0.1, -0.05) is 21.1 Å². The Morgan fingerprint density at radius 3 is 2.72 bits per heavy atom. The van der Waals surface area contributed by atoms with Crippen molar-refractivity contribution in [1.29, 1.82) is 0 Å². The van der Waals surface area contributed by atoms with Crippen LogP contribution in [-0.4, -0.2) is 28.4 Å². The topological polar surface area (TPSA) is 92.8 Å². The Balaban J connectivity index is 2.55. The lowest BCUT2D eigenvalue weighted by Crippen LogP contribution is -1.94. The number of carboxylic acids is 1. The monoisotopic (exact) mass is 313 g/mol. The van der Waals surface area contributed by atoms with Gasteiger partial charge in [0.2, 0.25) is 0 Å². The van der Waals surface area contributed by atoms with Crippen LogP contribution in [0.1, 0.15) is 10.5 Å². The van der Waals surface area contributed by atoms with Crippen LogP contribution in [0.25, 0.3) is 11.3 Å². The molecule has 0 amide bonds. The Hall–Kier alpha value is -2.02. The minimum absolute atomic E-state index is 0.143. The Morgan fingerprint density at radius 1 is 1.44 bits per heavy atom. The van der Waals surface area contributed by atoms with Crippen molar-refractivity contribution in [2.75, 3.05) is 7.11 Å². The standard InChI is InChI=1S/C11H8BrNO5/c1-17-9-3-5(12)2-6(10(9)14)8-4-7(11(15)16)13-18-8/h2-4,14H,1H3,(H,15,16). The molecule has 0 saturated carbocycles. The zero-order valence-corrected chi connectivity index (χ0v) is 10.8. The van der Waals surface area contributed by atoms with Gasteiger partial charge in [-0.15, -0.1) is 0 Å². The molecule has 0 atom stereocenters.